The van der Waals surface area contributed by atoms with E-state index >= 15 is 0 Å². The molecule has 0 radical (unpaired) electrons. The van der Waals surface area contributed by atoms with Gasteiger partial charge in [-0.1, -0.05) is 72.8 Å². The van der Waals surface area contributed by atoms with Crippen LogP contribution in [0, 0.1) is 5.41 Å². The topological polar surface area (TPSA) is 24.7 Å². The Balaban J connectivity index is 2.00. The summed E-state index contributed by atoms with van der Waals surface area (Å²) in [6, 6.07) is 28.9. The van der Waals surface area contributed by atoms with Crippen LogP contribution in [0.25, 0.3) is 0 Å². The first-order valence-corrected chi connectivity index (χ1v) is 8.54. The van der Waals surface area contributed by atoms with Crippen LogP contribution < -0.4 is 0 Å². The number of benzene rings is 3. The number of aliphatic imine (C=N–C) groups is 2. The molecular formula is C23H20N2. The summed E-state index contributed by atoms with van der Waals surface area (Å²) in [5.41, 5.74) is 5.87. The summed E-state index contributed by atoms with van der Waals surface area (Å²) in [7, 11) is 0. The highest BCUT2D eigenvalue weighted by Crippen LogP contribution is 2.39. The van der Waals surface area contributed by atoms with Crippen LogP contribution in [0.1, 0.15) is 25.0 Å². The SMILES string of the molecule is CC1(C)C(c2ccccc2)=Nc2ccccc2N=C1c1ccccc1. The van der Waals surface area contributed by atoms with Crippen molar-refractivity contribution >= 4 is 22.8 Å². The van der Waals surface area contributed by atoms with Gasteiger partial charge in [-0.15, -0.1) is 0 Å². The molecule has 0 aliphatic carbocycles. The zero-order chi connectivity index (χ0) is 17.3. The predicted molar refractivity (Wildman–Crippen MR) is 106 cm³/mol. The minimum Gasteiger partial charge on any atom is -0.250 e. The lowest BCUT2D eigenvalue weighted by Crippen LogP contribution is -2.34. The summed E-state index contributed by atoms with van der Waals surface area (Å²) in [6.07, 6.45) is 0. The molecular weight excluding hydrogens is 304 g/mol. The Labute approximate surface area is 148 Å². The number of para-hydroxylation sites is 2. The summed E-state index contributed by atoms with van der Waals surface area (Å²) < 4.78 is 0. The van der Waals surface area contributed by atoms with E-state index in [1.807, 2.05) is 36.4 Å². The Morgan fingerprint density at radius 2 is 0.880 bits per heavy atom. The van der Waals surface area contributed by atoms with E-state index in [-0.39, 0.29) is 5.41 Å². The summed E-state index contributed by atoms with van der Waals surface area (Å²) in [4.78, 5) is 10.1. The molecule has 0 spiro atoms. The zero-order valence-electron chi connectivity index (χ0n) is 14.5. The molecule has 1 aliphatic rings. The number of hydrogen-bond acceptors (Lipinski definition) is 2. The van der Waals surface area contributed by atoms with Gasteiger partial charge >= 0.3 is 0 Å². The van der Waals surface area contributed by atoms with Gasteiger partial charge in [-0.05, 0) is 37.1 Å². The molecule has 1 aliphatic heterocycles. The van der Waals surface area contributed by atoms with Crippen molar-refractivity contribution in [2.45, 2.75) is 13.8 Å². The van der Waals surface area contributed by atoms with Gasteiger partial charge in [0.2, 0.25) is 0 Å². The van der Waals surface area contributed by atoms with Crippen LogP contribution >= 0.6 is 0 Å². The maximum Gasteiger partial charge on any atom is 0.0890 e. The Morgan fingerprint density at radius 3 is 1.28 bits per heavy atom. The Hall–Kier alpha value is -3.00. The van der Waals surface area contributed by atoms with Crippen molar-refractivity contribution in [2.75, 3.05) is 0 Å². The highest BCUT2D eigenvalue weighted by Gasteiger charge is 2.35. The monoisotopic (exact) mass is 324 g/mol. The molecule has 122 valence electrons. The molecule has 4 rings (SSSR count). The minimum atomic E-state index is -0.318. The van der Waals surface area contributed by atoms with Crippen LogP contribution in [-0.4, -0.2) is 11.4 Å². The maximum absolute atomic E-state index is 5.04. The molecule has 0 saturated heterocycles. The molecule has 0 N–H and O–H groups in total. The van der Waals surface area contributed by atoms with Crippen molar-refractivity contribution in [3.63, 3.8) is 0 Å². The van der Waals surface area contributed by atoms with Crippen LogP contribution in [0.15, 0.2) is 94.9 Å². The normalized spacial score (nSPS) is 15.6. The van der Waals surface area contributed by atoms with Crippen LogP contribution in [0.5, 0.6) is 0 Å². The molecule has 3 aromatic rings. The van der Waals surface area contributed by atoms with Crippen molar-refractivity contribution < 1.29 is 0 Å². The van der Waals surface area contributed by atoms with E-state index in [1.165, 1.54) is 0 Å². The fraction of sp³-hybridized carbons (Fsp3) is 0.130. The highest BCUT2D eigenvalue weighted by molar-refractivity contribution is 6.25. The Morgan fingerprint density at radius 1 is 0.520 bits per heavy atom. The summed E-state index contributed by atoms with van der Waals surface area (Å²) >= 11 is 0. The molecule has 3 aromatic carbocycles. The van der Waals surface area contributed by atoms with Gasteiger partial charge in [0, 0.05) is 0 Å². The number of fused-ring (bicyclic) bond motifs is 1. The lowest BCUT2D eigenvalue weighted by molar-refractivity contribution is 0.731. The standard InChI is InChI=1S/C23H20N2/c1-23(2)21(17-11-5-3-6-12-17)24-19-15-9-10-16-20(19)25-22(23)18-13-7-4-8-14-18/h3-16H,1-2H3. The Bertz CT molecular complexity index is 873. The molecule has 0 amide bonds. The third-order valence-corrected chi connectivity index (χ3v) is 4.62. The smallest absolute Gasteiger partial charge is 0.0890 e. The first-order valence-electron chi connectivity index (χ1n) is 8.54. The summed E-state index contributed by atoms with van der Waals surface area (Å²) in [6.45, 7) is 4.41. The van der Waals surface area contributed by atoms with E-state index < -0.39 is 0 Å². The number of hydrogen-bond donors (Lipinski definition) is 0. The van der Waals surface area contributed by atoms with Gasteiger partial charge < -0.3 is 0 Å². The second-order valence-electron chi connectivity index (χ2n) is 6.77. The fourth-order valence-corrected chi connectivity index (χ4v) is 3.33. The van der Waals surface area contributed by atoms with Crippen molar-refractivity contribution in [2.24, 2.45) is 15.4 Å². The number of rotatable bonds is 2. The number of nitrogens with zero attached hydrogens (tertiary/aromatic N) is 2. The fourth-order valence-electron chi connectivity index (χ4n) is 3.33. The van der Waals surface area contributed by atoms with Crippen molar-refractivity contribution in [1.29, 1.82) is 0 Å². The molecule has 0 bridgehead atoms. The predicted octanol–water partition coefficient (Wildman–Crippen LogP) is 5.97. The molecule has 1 heterocycles. The van der Waals surface area contributed by atoms with Gasteiger partial charge in [-0.2, -0.15) is 0 Å². The zero-order valence-corrected chi connectivity index (χ0v) is 14.5. The van der Waals surface area contributed by atoms with Gasteiger partial charge in [0.1, 0.15) is 0 Å². The quantitative estimate of drug-likeness (QED) is 0.555. The van der Waals surface area contributed by atoms with Crippen LogP contribution in [-0.2, 0) is 0 Å². The highest BCUT2D eigenvalue weighted by atomic mass is 14.9. The van der Waals surface area contributed by atoms with Crippen LogP contribution in [0.4, 0.5) is 11.4 Å². The van der Waals surface area contributed by atoms with E-state index in [0.717, 1.165) is 33.9 Å². The van der Waals surface area contributed by atoms with Gasteiger partial charge in [0.15, 0.2) is 0 Å². The first kappa shape index (κ1) is 15.5. The van der Waals surface area contributed by atoms with Crippen LogP contribution in [0.3, 0.4) is 0 Å². The van der Waals surface area contributed by atoms with E-state index in [9.17, 15) is 0 Å². The molecule has 0 fully saturated rings. The first-order chi connectivity index (χ1) is 12.2. The van der Waals surface area contributed by atoms with Crippen LogP contribution in [0.2, 0.25) is 0 Å². The molecule has 0 unspecified atom stereocenters. The Kier molecular flexibility index (Phi) is 3.81. The lowest BCUT2D eigenvalue weighted by atomic mass is 9.76. The third-order valence-electron chi connectivity index (χ3n) is 4.62. The second kappa shape index (κ2) is 6.14. The average molecular weight is 324 g/mol. The van der Waals surface area contributed by atoms with Gasteiger partial charge in [0.05, 0.1) is 28.2 Å². The molecule has 0 aromatic heterocycles. The maximum atomic E-state index is 5.04. The average Bonchev–Trinajstić information content (AvgIpc) is 2.77. The summed E-state index contributed by atoms with van der Waals surface area (Å²) in [5.74, 6) is 0. The molecule has 0 atom stereocenters. The van der Waals surface area contributed by atoms with Crippen molar-refractivity contribution in [1.82, 2.24) is 0 Å². The van der Waals surface area contributed by atoms with Crippen molar-refractivity contribution in [3.8, 4) is 0 Å². The van der Waals surface area contributed by atoms with Gasteiger partial charge in [0.25, 0.3) is 0 Å². The van der Waals surface area contributed by atoms with Gasteiger partial charge in [-0.3, -0.25) is 0 Å². The van der Waals surface area contributed by atoms with Crippen molar-refractivity contribution in [3.05, 3.63) is 96.1 Å². The molecule has 25 heavy (non-hydrogen) atoms. The largest absolute Gasteiger partial charge is 0.250 e. The lowest BCUT2D eigenvalue weighted by Gasteiger charge is -2.28. The van der Waals surface area contributed by atoms with E-state index in [4.69, 9.17) is 9.98 Å². The molecule has 2 heteroatoms. The third kappa shape index (κ3) is 2.80. The molecule has 0 saturated carbocycles. The van der Waals surface area contributed by atoms with E-state index in [1.54, 1.807) is 0 Å². The van der Waals surface area contributed by atoms with E-state index in [0.29, 0.717) is 0 Å². The second-order valence-corrected chi connectivity index (χ2v) is 6.77. The van der Waals surface area contributed by atoms with Gasteiger partial charge in [-0.25, -0.2) is 9.98 Å². The minimum absolute atomic E-state index is 0.318. The summed E-state index contributed by atoms with van der Waals surface area (Å²) in [5, 5.41) is 0. The van der Waals surface area contributed by atoms with E-state index in [2.05, 4.69) is 62.4 Å². The molecule has 2 nitrogen and oxygen atoms in total.